The number of fused-ring (bicyclic) bond motifs is 1. The number of amides is 1. The highest BCUT2D eigenvalue weighted by Gasteiger charge is 2.21. The predicted molar refractivity (Wildman–Crippen MR) is 74.3 cm³/mol. The molecule has 0 aliphatic carbocycles. The number of carbonyl (C=O) groups is 1. The summed E-state index contributed by atoms with van der Waals surface area (Å²) < 4.78 is 5.31. The fourth-order valence-electron chi connectivity index (χ4n) is 2.47. The summed E-state index contributed by atoms with van der Waals surface area (Å²) in [6.45, 7) is 1.72. The molecule has 20 heavy (non-hydrogen) atoms. The minimum Gasteiger partial charge on any atom is -0.381 e. The van der Waals surface area contributed by atoms with E-state index < -0.39 is 0 Å². The lowest BCUT2D eigenvalue weighted by Gasteiger charge is -2.21. The molecule has 1 amide bonds. The summed E-state index contributed by atoms with van der Waals surface area (Å²) in [6.07, 6.45) is 1.82. The van der Waals surface area contributed by atoms with Crippen molar-refractivity contribution >= 4 is 16.9 Å². The number of aromatic amines is 2. The van der Waals surface area contributed by atoms with Gasteiger partial charge in [0, 0.05) is 13.2 Å². The summed E-state index contributed by atoms with van der Waals surface area (Å²) in [6, 6.07) is 5.59. The summed E-state index contributed by atoms with van der Waals surface area (Å²) in [5.74, 6) is -0.00749. The van der Waals surface area contributed by atoms with Crippen LogP contribution in [0.25, 0.3) is 11.0 Å². The molecule has 1 aliphatic rings. The van der Waals surface area contributed by atoms with E-state index in [4.69, 9.17) is 4.74 Å². The van der Waals surface area contributed by atoms with Gasteiger partial charge < -0.3 is 20.0 Å². The Hall–Kier alpha value is -2.08. The Morgan fingerprint density at radius 1 is 1.35 bits per heavy atom. The van der Waals surface area contributed by atoms with Crippen LogP contribution in [-0.4, -0.2) is 29.1 Å². The van der Waals surface area contributed by atoms with E-state index in [-0.39, 0.29) is 17.5 Å². The highest BCUT2D eigenvalue weighted by Crippen LogP contribution is 2.14. The second-order valence-electron chi connectivity index (χ2n) is 5.09. The van der Waals surface area contributed by atoms with E-state index in [1.54, 1.807) is 0 Å². The van der Waals surface area contributed by atoms with Crippen molar-refractivity contribution in [1.82, 2.24) is 15.3 Å². The molecular weight excluding hydrogens is 258 g/mol. The average molecular weight is 275 g/mol. The molecule has 1 aliphatic heterocycles. The van der Waals surface area contributed by atoms with Crippen LogP contribution in [0.1, 0.15) is 18.4 Å². The van der Waals surface area contributed by atoms with E-state index in [0.29, 0.717) is 13.2 Å². The molecule has 3 N–H and O–H groups in total. The lowest BCUT2D eigenvalue weighted by molar-refractivity contribution is -0.129. The van der Waals surface area contributed by atoms with Crippen LogP contribution in [-0.2, 0) is 16.1 Å². The third-order valence-electron chi connectivity index (χ3n) is 3.58. The Morgan fingerprint density at radius 2 is 2.20 bits per heavy atom. The van der Waals surface area contributed by atoms with Gasteiger partial charge in [0.2, 0.25) is 5.91 Å². The molecule has 6 nitrogen and oxygen atoms in total. The molecule has 3 rings (SSSR count). The SMILES string of the molecule is O=C(NCc1ccc2[nH]c(=O)[nH]c2c1)[C@H]1CCCOC1. The van der Waals surface area contributed by atoms with Gasteiger partial charge in [0.25, 0.3) is 0 Å². The summed E-state index contributed by atoms with van der Waals surface area (Å²) in [5, 5.41) is 2.92. The van der Waals surface area contributed by atoms with Crippen molar-refractivity contribution in [3.63, 3.8) is 0 Å². The highest BCUT2D eigenvalue weighted by atomic mass is 16.5. The van der Waals surface area contributed by atoms with Crippen LogP contribution in [0.2, 0.25) is 0 Å². The number of imidazole rings is 1. The topological polar surface area (TPSA) is 87.0 Å². The van der Waals surface area contributed by atoms with Crippen LogP contribution in [0.15, 0.2) is 23.0 Å². The number of hydrogen-bond donors (Lipinski definition) is 3. The maximum atomic E-state index is 12.0. The number of aromatic nitrogens is 2. The molecule has 1 saturated heterocycles. The summed E-state index contributed by atoms with van der Waals surface area (Å²) >= 11 is 0. The van der Waals surface area contributed by atoms with E-state index in [1.165, 1.54) is 0 Å². The predicted octanol–water partition coefficient (Wildman–Crippen LogP) is 0.899. The normalized spacial score (nSPS) is 19.1. The number of H-pyrrole nitrogens is 2. The van der Waals surface area contributed by atoms with Crippen molar-refractivity contribution < 1.29 is 9.53 Å². The van der Waals surface area contributed by atoms with Gasteiger partial charge in [0.15, 0.2) is 0 Å². The van der Waals surface area contributed by atoms with Crippen molar-refractivity contribution in [3.8, 4) is 0 Å². The van der Waals surface area contributed by atoms with E-state index in [9.17, 15) is 9.59 Å². The summed E-state index contributed by atoms with van der Waals surface area (Å²) in [5.41, 5.74) is 2.26. The smallest absolute Gasteiger partial charge is 0.323 e. The first-order chi connectivity index (χ1) is 9.72. The molecule has 1 aromatic carbocycles. The third kappa shape index (κ3) is 2.75. The molecule has 1 fully saturated rings. The van der Waals surface area contributed by atoms with Crippen molar-refractivity contribution in [2.75, 3.05) is 13.2 Å². The Kier molecular flexibility index (Phi) is 3.56. The van der Waals surface area contributed by atoms with E-state index in [1.807, 2.05) is 18.2 Å². The Labute approximate surface area is 115 Å². The first kappa shape index (κ1) is 12.9. The van der Waals surface area contributed by atoms with Crippen LogP contribution in [0.4, 0.5) is 0 Å². The van der Waals surface area contributed by atoms with Crippen molar-refractivity contribution in [3.05, 3.63) is 34.2 Å². The van der Waals surface area contributed by atoms with Crippen LogP contribution >= 0.6 is 0 Å². The summed E-state index contributed by atoms with van der Waals surface area (Å²) in [7, 11) is 0. The van der Waals surface area contributed by atoms with Gasteiger partial charge in [-0.3, -0.25) is 4.79 Å². The van der Waals surface area contributed by atoms with Crippen molar-refractivity contribution in [1.29, 1.82) is 0 Å². The maximum absolute atomic E-state index is 12.0. The Bertz CT molecular complexity index is 668. The molecule has 2 heterocycles. The molecule has 1 atom stereocenters. The first-order valence-electron chi connectivity index (χ1n) is 6.79. The standard InChI is InChI=1S/C14H17N3O3/c18-13(10-2-1-5-20-8-10)15-7-9-3-4-11-12(6-9)17-14(19)16-11/h3-4,6,10H,1-2,5,7-8H2,(H,15,18)(H2,16,17,19)/t10-/m0/s1. The molecule has 0 radical (unpaired) electrons. The lowest BCUT2D eigenvalue weighted by atomic mass is 10.0. The van der Waals surface area contributed by atoms with Gasteiger partial charge in [-0.2, -0.15) is 0 Å². The molecule has 0 saturated carbocycles. The third-order valence-corrected chi connectivity index (χ3v) is 3.58. The minimum atomic E-state index is -0.222. The molecule has 2 aromatic rings. The van der Waals surface area contributed by atoms with Crippen LogP contribution < -0.4 is 11.0 Å². The van der Waals surface area contributed by atoms with Crippen molar-refractivity contribution in [2.45, 2.75) is 19.4 Å². The minimum absolute atomic E-state index is 0.0346. The first-order valence-corrected chi connectivity index (χ1v) is 6.79. The van der Waals surface area contributed by atoms with Gasteiger partial charge in [-0.1, -0.05) is 6.07 Å². The van der Waals surface area contributed by atoms with Gasteiger partial charge in [0.1, 0.15) is 0 Å². The van der Waals surface area contributed by atoms with Crippen molar-refractivity contribution in [2.24, 2.45) is 5.92 Å². The molecule has 0 unspecified atom stereocenters. The Balaban J connectivity index is 1.64. The lowest BCUT2D eigenvalue weighted by Crippen LogP contribution is -2.35. The zero-order chi connectivity index (χ0) is 13.9. The van der Waals surface area contributed by atoms with E-state index >= 15 is 0 Å². The van der Waals surface area contributed by atoms with E-state index in [0.717, 1.165) is 36.0 Å². The number of rotatable bonds is 3. The number of benzene rings is 1. The fourth-order valence-corrected chi connectivity index (χ4v) is 2.47. The van der Waals surface area contributed by atoms with Gasteiger partial charge >= 0.3 is 5.69 Å². The molecule has 106 valence electrons. The van der Waals surface area contributed by atoms with E-state index in [2.05, 4.69) is 15.3 Å². The van der Waals surface area contributed by atoms with Gasteiger partial charge in [-0.05, 0) is 30.5 Å². The molecular formula is C14H17N3O3. The molecule has 0 spiro atoms. The fraction of sp³-hybridized carbons (Fsp3) is 0.429. The Morgan fingerprint density at radius 3 is 3.00 bits per heavy atom. The molecule has 1 aromatic heterocycles. The summed E-state index contributed by atoms with van der Waals surface area (Å²) in [4.78, 5) is 28.6. The maximum Gasteiger partial charge on any atom is 0.323 e. The van der Waals surface area contributed by atoms with Gasteiger partial charge in [0.05, 0.1) is 23.6 Å². The monoisotopic (exact) mass is 275 g/mol. The van der Waals surface area contributed by atoms with Crippen LogP contribution in [0.3, 0.4) is 0 Å². The number of ether oxygens (including phenoxy) is 1. The highest BCUT2D eigenvalue weighted by molar-refractivity contribution is 5.79. The second-order valence-corrected chi connectivity index (χ2v) is 5.09. The molecule has 0 bridgehead atoms. The molecule has 6 heteroatoms. The van der Waals surface area contributed by atoms with Gasteiger partial charge in [-0.25, -0.2) is 4.79 Å². The number of hydrogen-bond acceptors (Lipinski definition) is 3. The number of carbonyl (C=O) groups excluding carboxylic acids is 1. The largest absolute Gasteiger partial charge is 0.381 e. The van der Waals surface area contributed by atoms with Gasteiger partial charge in [-0.15, -0.1) is 0 Å². The second kappa shape index (κ2) is 5.50. The zero-order valence-electron chi connectivity index (χ0n) is 11.1. The average Bonchev–Trinajstić information content (AvgIpc) is 2.85. The zero-order valence-corrected chi connectivity index (χ0v) is 11.1. The van der Waals surface area contributed by atoms with Crippen LogP contribution in [0, 0.1) is 5.92 Å². The quantitative estimate of drug-likeness (QED) is 0.777. The van der Waals surface area contributed by atoms with Crippen LogP contribution in [0.5, 0.6) is 0 Å². The number of nitrogens with one attached hydrogen (secondary N) is 3.